The van der Waals surface area contributed by atoms with E-state index < -0.39 is 11.4 Å². The van der Waals surface area contributed by atoms with Gasteiger partial charge in [0.2, 0.25) is 0 Å². The van der Waals surface area contributed by atoms with E-state index in [1.54, 1.807) is 6.07 Å². The van der Waals surface area contributed by atoms with Crippen LogP contribution in [0.3, 0.4) is 0 Å². The smallest absolute Gasteiger partial charge is 0.165 e. The van der Waals surface area contributed by atoms with Crippen molar-refractivity contribution >= 4 is 33.2 Å². The number of allylic oxidation sites excluding steroid dienone is 2. The SMILES string of the molecule is N#CC(C#N)=C(C#N)Nc1cc(Br)cc(Cl)c1F. The zero-order chi connectivity index (χ0) is 13.7. The highest BCUT2D eigenvalue weighted by Gasteiger charge is 2.12. The molecule has 0 amide bonds. The Balaban J connectivity index is 3.30. The van der Waals surface area contributed by atoms with Crippen molar-refractivity contribution in [1.82, 2.24) is 0 Å². The first-order chi connectivity index (χ1) is 8.53. The minimum absolute atomic E-state index is 0.103. The lowest BCUT2D eigenvalue weighted by Gasteiger charge is -2.07. The number of anilines is 1. The molecule has 0 bridgehead atoms. The van der Waals surface area contributed by atoms with Crippen LogP contribution in [-0.2, 0) is 0 Å². The summed E-state index contributed by atoms with van der Waals surface area (Å²) in [6.45, 7) is 0. The van der Waals surface area contributed by atoms with E-state index in [0.29, 0.717) is 4.47 Å². The maximum Gasteiger partial charge on any atom is 0.165 e. The van der Waals surface area contributed by atoms with Gasteiger partial charge in [0.15, 0.2) is 11.4 Å². The Hall–Kier alpha value is -2.07. The van der Waals surface area contributed by atoms with Gasteiger partial charge in [0.1, 0.15) is 23.9 Å². The fraction of sp³-hybridized carbons (Fsp3) is 0. The van der Waals surface area contributed by atoms with Crippen molar-refractivity contribution in [1.29, 1.82) is 15.8 Å². The number of nitrogens with zero attached hydrogens (tertiary/aromatic N) is 3. The molecule has 0 saturated carbocycles. The number of hydrogen-bond acceptors (Lipinski definition) is 4. The van der Waals surface area contributed by atoms with E-state index in [4.69, 9.17) is 27.4 Å². The summed E-state index contributed by atoms with van der Waals surface area (Å²) in [5.41, 5.74) is -0.880. The van der Waals surface area contributed by atoms with Crippen LogP contribution in [0.1, 0.15) is 0 Å². The van der Waals surface area contributed by atoms with Crippen LogP contribution in [0.4, 0.5) is 10.1 Å². The average Bonchev–Trinajstić information content (AvgIpc) is 2.35. The van der Waals surface area contributed by atoms with Gasteiger partial charge in [-0.2, -0.15) is 15.8 Å². The molecule has 0 heterocycles. The minimum Gasteiger partial charge on any atom is -0.343 e. The van der Waals surface area contributed by atoms with Gasteiger partial charge in [-0.1, -0.05) is 27.5 Å². The standard InChI is InChI=1S/C11H3BrClFN4/c12-7-1-8(13)11(14)9(2-7)18-10(5-17)6(3-15)4-16/h1-2,18H. The van der Waals surface area contributed by atoms with Crippen molar-refractivity contribution in [3.63, 3.8) is 0 Å². The Morgan fingerprint density at radius 3 is 2.33 bits per heavy atom. The van der Waals surface area contributed by atoms with Crippen LogP contribution in [0, 0.1) is 39.8 Å². The molecule has 0 saturated heterocycles. The van der Waals surface area contributed by atoms with E-state index in [0.717, 1.165) is 0 Å². The van der Waals surface area contributed by atoms with Crippen molar-refractivity contribution in [2.24, 2.45) is 0 Å². The van der Waals surface area contributed by atoms with Crippen molar-refractivity contribution in [3.8, 4) is 18.2 Å². The molecule has 0 fully saturated rings. The van der Waals surface area contributed by atoms with E-state index in [1.165, 1.54) is 24.3 Å². The summed E-state index contributed by atoms with van der Waals surface area (Å²) in [5.74, 6) is -0.775. The molecule has 1 N–H and O–H groups in total. The molecule has 88 valence electrons. The maximum atomic E-state index is 13.6. The first-order valence-electron chi connectivity index (χ1n) is 4.39. The van der Waals surface area contributed by atoms with Gasteiger partial charge >= 0.3 is 0 Å². The average molecular weight is 326 g/mol. The number of rotatable bonds is 2. The van der Waals surface area contributed by atoms with Gasteiger partial charge in [-0.25, -0.2) is 4.39 Å². The highest BCUT2D eigenvalue weighted by Crippen LogP contribution is 2.28. The second-order valence-electron chi connectivity index (χ2n) is 2.96. The lowest BCUT2D eigenvalue weighted by Crippen LogP contribution is -2.03. The highest BCUT2D eigenvalue weighted by atomic mass is 79.9. The highest BCUT2D eigenvalue weighted by molar-refractivity contribution is 9.10. The number of halogens is 3. The summed E-state index contributed by atoms with van der Waals surface area (Å²) in [5, 5.41) is 28.3. The van der Waals surface area contributed by atoms with Crippen LogP contribution >= 0.6 is 27.5 Å². The van der Waals surface area contributed by atoms with Crippen LogP contribution in [-0.4, -0.2) is 0 Å². The topological polar surface area (TPSA) is 83.4 Å². The van der Waals surface area contributed by atoms with Crippen molar-refractivity contribution in [2.45, 2.75) is 0 Å². The zero-order valence-electron chi connectivity index (χ0n) is 8.63. The molecule has 18 heavy (non-hydrogen) atoms. The Kier molecular flexibility index (Phi) is 4.68. The summed E-state index contributed by atoms with van der Waals surface area (Å²) in [6, 6.07) is 7.37. The van der Waals surface area contributed by atoms with Crippen LogP contribution in [0.25, 0.3) is 0 Å². The van der Waals surface area contributed by atoms with Crippen molar-refractivity contribution in [3.05, 3.63) is 38.7 Å². The van der Waals surface area contributed by atoms with Crippen LogP contribution in [0.2, 0.25) is 5.02 Å². The number of nitrogens with one attached hydrogen (secondary N) is 1. The van der Waals surface area contributed by atoms with Gasteiger partial charge < -0.3 is 5.32 Å². The molecule has 0 unspecified atom stereocenters. The monoisotopic (exact) mass is 324 g/mol. The maximum absolute atomic E-state index is 13.6. The van der Waals surface area contributed by atoms with Crippen LogP contribution < -0.4 is 5.32 Å². The molecule has 0 aliphatic rings. The molecule has 0 spiro atoms. The summed E-state index contributed by atoms with van der Waals surface area (Å²) in [6.07, 6.45) is 0. The molecule has 0 atom stereocenters. The van der Waals surface area contributed by atoms with Gasteiger partial charge in [0, 0.05) is 4.47 Å². The Morgan fingerprint density at radius 2 is 1.83 bits per heavy atom. The van der Waals surface area contributed by atoms with E-state index in [9.17, 15) is 4.39 Å². The van der Waals surface area contributed by atoms with Gasteiger partial charge in [-0.05, 0) is 12.1 Å². The zero-order valence-corrected chi connectivity index (χ0v) is 11.0. The minimum atomic E-state index is -0.775. The largest absolute Gasteiger partial charge is 0.343 e. The summed E-state index contributed by atoms with van der Waals surface area (Å²) in [7, 11) is 0. The molecule has 4 nitrogen and oxygen atoms in total. The van der Waals surface area contributed by atoms with Gasteiger partial charge in [0.25, 0.3) is 0 Å². The normalized spacial score (nSPS) is 8.67. The third-order valence-corrected chi connectivity index (χ3v) is 2.57. The Bertz CT molecular complexity index is 633. The molecule has 0 aliphatic heterocycles. The first kappa shape index (κ1) is 14.0. The lowest BCUT2D eigenvalue weighted by atomic mass is 10.2. The Morgan fingerprint density at radius 1 is 1.22 bits per heavy atom. The fourth-order valence-electron chi connectivity index (χ4n) is 1.06. The van der Waals surface area contributed by atoms with E-state index >= 15 is 0 Å². The summed E-state index contributed by atoms with van der Waals surface area (Å²) >= 11 is 8.73. The van der Waals surface area contributed by atoms with Gasteiger partial charge in [0.05, 0.1) is 10.7 Å². The second-order valence-corrected chi connectivity index (χ2v) is 4.28. The molecule has 1 rings (SSSR count). The number of nitriles is 3. The first-order valence-corrected chi connectivity index (χ1v) is 5.56. The van der Waals surface area contributed by atoms with Gasteiger partial charge in [-0.3, -0.25) is 0 Å². The lowest BCUT2D eigenvalue weighted by molar-refractivity contribution is 0.631. The molecule has 1 aromatic rings. The van der Waals surface area contributed by atoms with Crippen LogP contribution in [0.15, 0.2) is 27.9 Å². The molecular formula is C11H3BrClFN4. The Labute approximate surface area is 116 Å². The molecule has 7 heteroatoms. The predicted octanol–water partition coefficient (Wildman–Crippen LogP) is 3.48. The third-order valence-electron chi connectivity index (χ3n) is 1.84. The summed E-state index contributed by atoms with van der Waals surface area (Å²) < 4.78 is 14.1. The fourth-order valence-corrected chi connectivity index (χ4v) is 1.87. The van der Waals surface area contributed by atoms with E-state index in [-0.39, 0.29) is 16.4 Å². The third kappa shape index (κ3) is 2.99. The van der Waals surface area contributed by atoms with E-state index in [2.05, 4.69) is 21.2 Å². The predicted molar refractivity (Wildman–Crippen MR) is 66.6 cm³/mol. The molecule has 0 aliphatic carbocycles. The summed E-state index contributed by atoms with van der Waals surface area (Å²) in [4.78, 5) is 0. The quantitative estimate of drug-likeness (QED) is 0.666. The number of benzene rings is 1. The van der Waals surface area contributed by atoms with E-state index in [1.807, 2.05) is 0 Å². The van der Waals surface area contributed by atoms with Crippen LogP contribution in [0.5, 0.6) is 0 Å². The molecule has 0 radical (unpaired) electrons. The molecule has 1 aromatic carbocycles. The molecule has 0 aromatic heterocycles. The van der Waals surface area contributed by atoms with Crippen molar-refractivity contribution in [2.75, 3.05) is 5.32 Å². The second kappa shape index (κ2) is 6.02. The van der Waals surface area contributed by atoms with Gasteiger partial charge in [-0.15, -0.1) is 0 Å². The number of hydrogen-bond donors (Lipinski definition) is 1. The van der Waals surface area contributed by atoms with Crippen molar-refractivity contribution < 1.29 is 4.39 Å². The molecular weight excluding hydrogens is 323 g/mol.